The van der Waals surface area contributed by atoms with Gasteiger partial charge in [-0.2, -0.15) is 0 Å². The van der Waals surface area contributed by atoms with Gasteiger partial charge in [0.2, 0.25) is 0 Å². The average molecular weight is 349 g/mol. The summed E-state index contributed by atoms with van der Waals surface area (Å²) in [6.45, 7) is 0. The molecule has 5 heteroatoms. The highest BCUT2D eigenvalue weighted by molar-refractivity contribution is 9.10. The molecular formula is C16H14BrFN2O. The Bertz CT molecular complexity index is 739. The van der Waals surface area contributed by atoms with Gasteiger partial charge in [0.05, 0.1) is 0 Å². The van der Waals surface area contributed by atoms with E-state index in [-0.39, 0.29) is 11.9 Å². The lowest BCUT2D eigenvalue weighted by atomic mass is 10.0. The number of nitrogens with zero attached hydrogens (tertiary/aromatic N) is 1. The first-order valence-electron chi connectivity index (χ1n) is 6.64. The van der Waals surface area contributed by atoms with Crippen molar-refractivity contribution in [3.8, 4) is 0 Å². The maximum Gasteiger partial charge on any atom is 0.197 e. The standard InChI is InChI=1S/C16H14BrFN2O/c1-19-14(11-8-10(17)6-7-12(11)18)9-16-20-13-4-2-3-5-15(13)21-16/h2-8,14,19H,9H2,1H3. The molecule has 108 valence electrons. The summed E-state index contributed by atoms with van der Waals surface area (Å²) < 4.78 is 20.6. The lowest BCUT2D eigenvalue weighted by molar-refractivity contribution is 0.461. The monoisotopic (exact) mass is 348 g/mol. The highest BCUT2D eigenvalue weighted by atomic mass is 79.9. The van der Waals surface area contributed by atoms with Gasteiger partial charge in [-0.05, 0) is 37.4 Å². The van der Waals surface area contributed by atoms with Crippen LogP contribution in [0.1, 0.15) is 17.5 Å². The number of hydrogen-bond acceptors (Lipinski definition) is 3. The summed E-state index contributed by atoms with van der Waals surface area (Å²) in [6, 6.07) is 12.3. The second-order valence-electron chi connectivity index (χ2n) is 4.79. The zero-order valence-corrected chi connectivity index (χ0v) is 13.0. The van der Waals surface area contributed by atoms with Gasteiger partial charge in [-0.1, -0.05) is 28.1 Å². The maximum atomic E-state index is 14.0. The van der Waals surface area contributed by atoms with Crippen molar-refractivity contribution >= 4 is 27.0 Å². The Morgan fingerprint density at radius 2 is 2.10 bits per heavy atom. The molecule has 0 saturated heterocycles. The van der Waals surface area contributed by atoms with Gasteiger partial charge in [-0.3, -0.25) is 0 Å². The van der Waals surface area contributed by atoms with Crippen molar-refractivity contribution in [1.82, 2.24) is 10.3 Å². The largest absolute Gasteiger partial charge is 0.441 e. The number of rotatable bonds is 4. The molecule has 0 radical (unpaired) electrons. The third-order valence-electron chi connectivity index (χ3n) is 3.40. The molecule has 1 heterocycles. The van der Waals surface area contributed by atoms with Crippen molar-refractivity contribution < 1.29 is 8.81 Å². The second kappa shape index (κ2) is 5.95. The summed E-state index contributed by atoms with van der Waals surface area (Å²) in [5.41, 5.74) is 2.16. The van der Waals surface area contributed by atoms with Crippen LogP contribution in [0.5, 0.6) is 0 Å². The minimum atomic E-state index is -0.242. The third kappa shape index (κ3) is 2.99. The summed E-state index contributed by atoms with van der Waals surface area (Å²) >= 11 is 3.37. The Kier molecular flexibility index (Phi) is 4.03. The molecule has 1 unspecified atom stereocenters. The minimum Gasteiger partial charge on any atom is -0.441 e. The highest BCUT2D eigenvalue weighted by Gasteiger charge is 2.18. The molecule has 2 aromatic carbocycles. The molecule has 3 rings (SSSR count). The van der Waals surface area contributed by atoms with Gasteiger partial charge in [0.1, 0.15) is 11.3 Å². The van der Waals surface area contributed by atoms with E-state index in [4.69, 9.17) is 4.42 Å². The number of benzene rings is 2. The number of fused-ring (bicyclic) bond motifs is 1. The fraction of sp³-hybridized carbons (Fsp3) is 0.188. The molecule has 0 bridgehead atoms. The topological polar surface area (TPSA) is 38.1 Å². The van der Waals surface area contributed by atoms with E-state index in [1.54, 1.807) is 19.2 Å². The van der Waals surface area contributed by atoms with Crippen molar-refractivity contribution in [2.45, 2.75) is 12.5 Å². The second-order valence-corrected chi connectivity index (χ2v) is 5.70. The third-order valence-corrected chi connectivity index (χ3v) is 3.89. The van der Waals surface area contributed by atoms with Crippen LogP contribution in [-0.2, 0) is 6.42 Å². The Hall–Kier alpha value is -1.72. The smallest absolute Gasteiger partial charge is 0.197 e. The van der Waals surface area contributed by atoms with Crippen LogP contribution in [0.4, 0.5) is 4.39 Å². The maximum absolute atomic E-state index is 14.0. The average Bonchev–Trinajstić information content (AvgIpc) is 2.90. The predicted molar refractivity (Wildman–Crippen MR) is 83.6 cm³/mol. The van der Waals surface area contributed by atoms with Crippen LogP contribution in [0.15, 0.2) is 51.4 Å². The van der Waals surface area contributed by atoms with Gasteiger partial charge in [-0.25, -0.2) is 9.37 Å². The van der Waals surface area contributed by atoms with Gasteiger partial charge in [0.25, 0.3) is 0 Å². The number of para-hydroxylation sites is 2. The molecule has 0 spiro atoms. The molecule has 3 aromatic rings. The summed E-state index contributed by atoms with van der Waals surface area (Å²) in [6.07, 6.45) is 0.485. The SMILES string of the molecule is CNC(Cc1nc2ccccc2o1)c1cc(Br)ccc1F. The van der Waals surface area contributed by atoms with E-state index in [1.807, 2.05) is 24.3 Å². The normalized spacial score (nSPS) is 12.7. The van der Waals surface area contributed by atoms with Gasteiger partial charge in [-0.15, -0.1) is 0 Å². The summed E-state index contributed by atoms with van der Waals surface area (Å²) in [7, 11) is 1.80. The zero-order chi connectivity index (χ0) is 14.8. The number of nitrogens with one attached hydrogen (secondary N) is 1. The van der Waals surface area contributed by atoms with Crippen LogP contribution < -0.4 is 5.32 Å². The van der Waals surface area contributed by atoms with Crippen molar-refractivity contribution in [2.75, 3.05) is 7.05 Å². The predicted octanol–water partition coefficient (Wildman–Crippen LogP) is 4.23. The van der Waals surface area contributed by atoms with E-state index in [2.05, 4.69) is 26.2 Å². The number of aromatic nitrogens is 1. The fourth-order valence-electron chi connectivity index (χ4n) is 2.33. The Balaban J connectivity index is 1.91. The van der Waals surface area contributed by atoms with E-state index < -0.39 is 0 Å². The van der Waals surface area contributed by atoms with Crippen LogP contribution >= 0.6 is 15.9 Å². The first-order valence-corrected chi connectivity index (χ1v) is 7.43. The fourth-order valence-corrected chi connectivity index (χ4v) is 2.71. The van der Waals surface area contributed by atoms with Crippen LogP contribution in [0.25, 0.3) is 11.1 Å². The number of hydrogen-bond donors (Lipinski definition) is 1. The van der Waals surface area contributed by atoms with Gasteiger partial charge in [0.15, 0.2) is 11.5 Å². The van der Waals surface area contributed by atoms with E-state index >= 15 is 0 Å². The van der Waals surface area contributed by atoms with E-state index in [9.17, 15) is 4.39 Å². The molecular weight excluding hydrogens is 335 g/mol. The van der Waals surface area contributed by atoms with E-state index in [1.165, 1.54) is 6.07 Å². The molecule has 1 aromatic heterocycles. The van der Waals surface area contributed by atoms with Crippen LogP contribution in [-0.4, -0.2) is 12.0 Å². The van der Waals surface area contributed by atoms with Crippen LogP contribution in [0.2, 0.25) is 0 Å². The summed E-state index contributed by atoms with van der Waals surface area (Å²) in [5, 5.41) is 3.12. The van der Waals surface area contributed by atoms with Crippen molar-refractivity contribution in [3.05, 3.63) is 64.2 Å². The molecule has 21 heavy (non-hydrogen) atoms. The van der Waals surface area contributed by atoms with Crippen LogP contribution in [0, 0.1) is 5.82 Å². The van der Waals surface area contributed by atoms with Crippen molar-refractivity contribution in [2.24, 2.45) is 0 Å². The molecule has 3 nitrogen and oxygen atoms in total. The van der Waals surface area contributed by atoms with Gasteiger partial charge >= 0.3 is 0 Å². The van der Waals surface area contributed by atoms with E-state index in [0.717, 1.165) is 15.6 Å². The summed E-state index contributed by atoms with van der Waals surface area (Å²) in [4.78, 5) is 4.44. The molecule has 0 saturated carbocycles. The Labute approximate surface area is 130 Å². The zero-order valence-electron chi connectivity index (χ0n) is 11.4. The van der Waals surface area contributed by atoms with E-state index in [0.29, 0.717) is 17.9 Å². The van der Waals surface area contributed by atoms with Crippen LogP contribution in [0.3, 0.4) is 0 Å². The molecule has 1 atom stereocenters. The number of halogens is 2. The van der Waals surface area contributed by atoms with Gasteiger partial charge in [0, 0.05) is 22.5 Å². The quantitative estimate of drug-likeness (QED) is 0.766. The molecule has 0 fully saturated rings. The Morgan fingerprint density at radius 3 is 2.86 bits per heavy atom. The molecule has 0 aliphatic heterocycles. The number of oxazole rings is 1. The lowest BCUT2D eigenvalue weighted by Gasteiger charge is -2.16. The highest BCUT2D eigenvalue weighted by Crippen LogP contribution is 2.25. The molecule has 0 aliphatic rings. The molecule has 1 N–H and O–H groups in total. The van der Waals surface area contributed by atoms with Crippen molar-refractivity contribution in [1.29, 1.82) is 0 Å². The first kappa shape index (κ1) is 14.2. The minimum absolute atomic E-state index is 0.199. The van der Waals surface area contributed by atoms with Crippen molar-refractivity contribution in [3.63, 3.8) is 0 Å². The molecule has 0 amide bonds. The van der Waals surface area contributed by atoms with Gasteiger partial charge < -0.3 is 9.73 Å². The summed E-state index contributed by atoms with van der Waals surface area (Å²) in [5.74, 6) is 0.351. The lowest BCUT2D eigenvalue weighted by Crippen LogP contribution is -2.20. The molecule has 0 aliphatic carbocycles. The first-order chi connectivity index (χ1) is 10.2. The Morgan fingerprint density at radius 1 is 1.29 bits per heavy atom. The number of likely N-dealkylation sites (N-methyl/N-ethyl adjacent to an activating group) is 1.